The highest BCUT2D eigenvalue weighted by molar-refractivity contribution is 4.96. The molecule has 1 heterocycles. The second-order valence-electron chi connectivity index (χ2n) is 5.09. The minimum atomic E-state index is -1.37. The predicted octanol–water partition coefficient (Wildman–Crippen LogP) is -0.148. The van der Waals surface area contributed by atoms with E-state index < -0.39 is 42.6 Å². The van der Waals surface area contributed by atoms with Gasteiger partial charge in [-0.15, -0.1) is 0 Å². The van der Waals surface area contributed by atoms with Crippen molar-refractivity contribution < 1.29 is 24.4 Å². The normalized spacial score (nSPS) is 43.0. The van der Waals surface area contributed by atoms with Crippen molar-refractivity contribution in [3.63, 3.8) is 0 Å². The lowest BCUT2D eigenvalue weighted by atomic mass is 9.80. The third kappa shape index (κ3) is 2.47. The molecule has 3 N–H and O–H groups in total. The summed E-state index contributed by atoms with van der Waals surface area (Å²) in [7, 11) is 0. The molecule has 0 aromatic heterocycles. The summed E-state index contributed by atoms with van der Waals surface area (Å²) in [5.41, 5.74) is -0.423. The van der Waals surface area contributed by atoms with Crippen LogP contribution in [-0.4, -0.2) is 52.5 Å². The average Bonchev–Trinajstić information content (AvgIpc) is 2.13. The lowest BCUT2D eigenvalue weighted by molar-refractivity contribution is -0.246. The van der Waals surface area contributed by atoms with Crippen LogP contribution >= 0.6 is 0 Å². The standard InChI is InChI=1S/C10H19FO4/c1-10(2,3)9-8(14)7(13)6(12)5(4-11)15-9/h5-9,12-14H,4H2,1-3H3/t5-,6-,7+,8-,9-/m1/s1. The van der Waals surface area contributed by atoms with Gasteiger partial charge in [0, 0.05) is 0 Å². The van der Waals surface area contributed by atoms with E-state index in [0.717, 1.165) is 0 Å². The summed E-state index contributed by atoms with van der Waals surface area (Å²) in [5.74, 6) is 0. The van der Waals surface area contributed by atoms with Crippen LogP contribution in [0.4, 0.5) is 4.39 Å². The van der Waals surface area contributed by atoms with Gasteiger partial charge < -0.3 is 20.1 Å². The Morgan fingerprint density at radius 2 is 1.60 bits per heavy atom. The van der Waals surface area contributed by atoms with Gasteiger partial charge >= 0.3 is 0 Å². The van der Waals surface area contributed by atoms with E-state index in [9.17, 15) is 19.7 Å². The topological polar surface area (TPSA) is 69.9 Å². The first-order valence-electron chi connectivity index (χ1n) is 5.04. The Morgan fingerprint density at radius 1 is 1.07 bits per heavy atom. The van der Waals surface area contributed by atoms with Crippen molar-refractivity contribution in [1.29, 1.82) is 0 Å². The van der Waals surface area contributed by atoms with Crippen molar-refractivity contribution >= 4 is 0 Å². The number of hydrogen-bond acceptors (Lipinski definition) is 4. The van der Waals surface area contributed by atoms with E-state index in [1.54, 1.807) is 0 Å². The zero-order chi connectivity index (χ0) is 11.8. The van der Waals surface area contributed by atoms with E-state index >= 15 is 0 Å². The highest BCUT2D eigenvalue weighted by Gasteiger charge is 2.47. The molecule has 5 heteroatoms. The number of aliphatic hydroxyl groups excluding tert-OH is 3. The van der Waals surface area contributed by atoms with Gasteiger partial charge in [0.15, 0.2) is 0 Å². The molecule has 0 spiro atoms. The number of rotatable bonds is 1. The van der Waals surface area contributed by atoms with Gasteiger partial charge in [0.25, 0.3) is 0 Å². The predicted molar refractivity (Wildman–Crippen MR) is 52.1 cm³/mol. The van der Waals surface area contributed by atoms with Gasteiger partial charge in [0.2, 0.25) is 0 Å². The second kappa shape index (κ2) is 4.33. The Bertz CT molecular complexity index is 214. The molecule has 0 aromatic rings. The van der Waals surface area contributed by atoms with Crippen LogP contribution < -0.4 is 0 Å². The van der Waals surface area contributed by atoms with Crippen LogP contribution in [0, 0.1) is 5.41 Å². The molecule has 1 rings (SSSR count). The van der Waals surface area contributed by atoms with E-state index in [0.29, 0.717) is 0 Å². The van der Waals surface area contributed by atoms with E-state index in [1.165, 1.54) is 0 Å². The van der Waals surface area contributed by atoms with E-state index in [-0.39, 0.29) is 0 Å². The van der Waals surface area contributed by atoms with Gasteiger partial charge in [-0.2, -0.15) is 0 Å². The quantitative estimate of drug-likeness (QED) is 0.577. The van der Waals surface area contributed by atoms with E-state index in [1.807, 2.05) is 20.8 Å². The van der Waals surface area contributed by atoms with Crippen LogP contribution in [0.5, 0.6) is 0 Å². The first-order chi connectivity index (χ1) is 6.79. The van der Waals surface area contributed by atoms with Crippen LogP contribution in [0.15, 0.2) is 0 Å². The fourth-order valence-corrected chi connectivity index (χ4v) is 1.79. The Kier molecular flexibility index (Phi) is 3.71. The highest BCUT2D eigenvalue weighted by Crippen LogP contribution is 2.32. The monoisotopic (exact) mass is 222 g/mol. The second-order valence-corrected chi connectivity index (χ2v) is 5.09. The van der Waals surface area contributed by atoms with Crippen molar-refractivity contribution in [2.24, 2.45) is 5.41 Å². The van der Waals surface area contributed by atoms with Crippen LogP contribution in [0.2, 0.25) is 0 Å². The van der Waals surface area contributed by atoms with Crippen LogP contribution in [0.3, 0.4) is 0 Å². The molecule has 0 aliphatic carbocycles. The summed E-state index contributed by atoms with van der Waals surface area (Å²) in [6.45, 7) is 4.58. The fraction of sp³-hybridized carbons (Fsp3) is 1.00. The minimum Gasteiger partial charge on any atom is -0.388 e. The molecule has 1 aliphatic heterocycles. The summed E-state index contributed by atoms with van der Waals surface area (Å²) in [5, 5.41) is 28.7. The molecule has 5 atom stereocenters. The summed E-state index contributed by atoms with van der Waals surface area (Å²) in [6.07, 6.45) is -5.67. The van der Waals surface area contributed by atoms with E-state index in [2.05, 4.69) is 0 Å². The molecule has 1 saturated heterocycles. The van der Waals surface area contributed by atoms with Crippen molar-refractivity contribution in [2.45, 2.75) is 51.3 Å². The van der Waals surface area contributed by atoms with Crippen LogP contribution in [0.1, 0.15) is 20.8 Å². The maximum atomic E-state index is 12.5. The van der Waals surface area contributed by atoms with Crippen molar-refractivity contribution in [2.75, 3.05) is 6.67 Å². The summed E-state index contributed by atoms with van der Waals surface area (Å²) in [6, 6.07) is 0. The Morgan fingerprint density at radius 3 is 2.00 bits per heavy atom. The summed E-state index contributed by atoms with van der Waals surface area (Å²) < 4.78 is 17.8. The number of hydrogen-bond donors (Lipinski definition) is 3. The first-order valence-corrected chi connectivity index (χ1v) is 5.04. The zero-order valence-electron chi connectivity index (χ0n) is 9.22. The molecule has 0 unspecified atom stereocenters. The van der Waals surface area contributed by atoms with E-state index in [4.69, 9.17) is 4.74 Å². The summed E-state index contributed by atoms with van der Waals surface area (Å²) in [4.78, 5) is 0. The number of ether oxygens (including phenoxy) is 1. The average molecular weight is 222 g/mol. The minimum absolute atomic E-state index is 0.423. The molecule has 90 valence electrons. The van der Waals surface area contributed by atoms with Crippen LogP contribution in [0.25, 0.3) is 0 Å². The van der Waals surface area contributed by atoms with Crippen LogP contribution in [-0.2, 0) is 4.74 Å². The SMILES string of the molecule is CC(C)(C)[C@@H]1O[C@H](CF)[C@@H](O)[C@H](O)[C@H]1O. The molecule has 0 radical (unpaired) electrons. The molecule has 1 fully saturated rings. The van der Waals surface area contributed by atoms with Crippen molar-refractivity contribution in [3.8, 4) is 0 Å². The maximum Gasteiger partial charge on any atom is 0.118 e. The molecule has 0 saturated carbocycles. The van der Waals surface area contributed by atoms with Gasteiger partial charge in [-0.05, 0) is 5.41 Å². The molecule has 0 aromatic carbocycles. The summed E-state index contributed by atoms with van der Waals surface area (Å²) >= 11 is 0. The number of alkyl halides is 1. The lowest BCUT2D eigenvalue weighted by Crippen LogP contribution is -2.61. The fourth-order valence-electron chi connectivity index (χ4n) is 1.79. The van der Waals surface area contributed by atoms with Gasteiger partial charge in [0.1, 0.15) is 31.1 Å². The van der Waals surface area contributed by atoms with Crippen molar-refractivity contribution in [1.82, 2.24) is 0 Å². The largest absolute Gasteiger partial charge is 0.388 e. The Hall–Kier alpha value is -0.230. The molecule has 4 nitrogen and oxygen atoms in total. The zero-order valence-corrected chi connectivity index (χ0v) is 9.22. The molecule has 0 bridgehead atoms. The molecular weight excluding hydrogens is 203 g/mol. The maximum absolute atomic E-state index is 12.5. The third-order valence-corrected chi connectivity index (χ3v) is 2.72. The first kappa shape index (κ1) is 12.8. The van der Waals surface area contributed by atoms with Crippen molar-refractivity contribution in [3.05, 3.63) is 0 Å². The smallest absolute Gasteiger partial charge is 0.118 e. The molecule has 1 aliphatic rings. The Labute approximate surface area is 88.7 Å². The molecular formula is C10H19FO4. The Balaban J connectivity index is 2.83. The lowest BCUT2D eigenvalue weighted by Gasteiger charge is -2.45. The molecule has 15 heavy (non-hydrogen) atoms. The molecule has 0 amide bonds. The van der Waals surface area contributed by atoms with Gasteiger partial charge in [0.05, 0.1) is 6.10 Å². The number of aliphatic hydroxyl groups is 3. The van der Waals surface area contributed by atoms with Gasteiger partial charge in [-0.1, -0.05) is 20.8 Å². The number of halogens is 1. The highest BCUT2D eigenvalue weighted by atomic mass is 19.1. The third-order valence-electron chi connectivity index (χ3n) is 2.72. The van der Waals surface area contributed by atoms with Gasteiger partial charge in [-0.25, -0.2) is 4.39 Å². The van der Waals surface area contributed by atoms with Gasteiger partial charge in [-0.3, -0.25) is 0 Å².